The normalized spacial score (nSPS) is 19.5. The van der Waals surface area contributed by atoms with Crippen molar-refractivity contribution in [3.05, 3.63) is 22.4 Å². The smallest absolute Gasteiger partial charge is 0.239 e. The van der Waals surface area contributed by atoms with Crippen LogP contribution in [0.3, 0.4) is 0 Å². The van der Waals surface area contributed by atoms with Crippen LogP contribution in [0.1, 0.15) is 38.6 Å². The average molecular weight is 523 g/mol. The number of ether oxygens (including phenoxy) is 1. The van der Waals surface area contributed by atoms with E-state index < -0.39 is 0 Å². The van der Waals surface area contributed by atoms with Crippen molar-refractivity contribution in [1.82, 2.24) is 20.9 Å². The minimum Gasteiger partial charge on any atom is -0.376 e. The molecule has 1 aromatic rings. The number of nitrogens with zero attached hydrogens (tertiary/aromatic N) is 2. The quantitative estimate of drug-likeness (QED) is 0.303. The van der Waals surface area contributed by atoms with Gasteiger partial charge in [-0.1, -0.05) is 6.07 Å². The fraction of sp³-hybridized carbons (Fsp3) is 0.684. The molecule has 7 nitrogen and oxygen atoms in total. The van der Waals surface area contributed by atoms with Gasteiger partial charge in [0.25, 0.3) is 0 Å². The zero-order valence-electron chi connectivity index (χ0n) is 17.4. The van der Waals surface area contributed by atoms with Crippen LogP contribution in [0.15, 0.2) is 22.5 Å². The molecule has 160 valence electrons. The van der Waals surface area contributed by atoms with E-state index in [0.717, 1.165) is 19.7 Å². The molecule has 1 aromatic heterocycles. The standard InChI is InChI=1S/C19H33N5O2S.HI/c1-14-13-24(8-9-26-14)15(16-7-6-10-27-16)11-21-18(20-5)22-12-17(25)23-19(2,3)4;/h6-7,10,14-15H,8-9,11-13H2,1-5H3,(H,23,25)(H2,20,21,22);1H. The highest BCUT2D eigenvalue weighted by Gasteiger charge is 2.26. The van der Waals surface area contributed by atoms with Gasteiger partial charge in [0.15, 0.2) is 5.96 Å². The van der Waals surface area contributed by atoms with E-state index in [1.165, 1.54) is 4.88 Å². The summed E-state index contributed by atoms with van der Waals surface area (Å²) in [5, 5.41) is 11.5. The lowest BCUT2D eigenvalue weighted by Gasteiger charge is -2.37. The van der Waals surface area contributed by atoms with Crippen molar-refractivity contribution in [1.29, 1.82) is 0 Å². The van der Waals surface area contributed by atoms with Gasteiger partial charge >= 0.3 is 0 Å². The van der Waals surface area contributed by atoms with Crippen LogP contribution >= 0.6 is 35.3 Å². The second-order valence-corrected chi connectivity index (χ2v) is 8.79. The Hall–Kier alpha value is -0.910. The molecular formula is C19H34IN5O2S. The molecule has 1 aliphatic heterocycles. The molecule has 2 atom stereocenters. The maximum absolute atomic E-state index is 12.0. The van der Waals surface area contributed by atoms with Gasteiger partial charge in [-0.15, -0.1) is 35.3 Å². The topological polar surface area (TPSA) is 78.0 Å². The molecule has 0 spiro atoms. The molecule has 0 aromatic carbocycles. The van der Waals surface area contributed by atoms with Crippen LogP contribution in [0, 0.1) is 0 Å². The Balaban J connectivity index is 0.00000392. The lowest BCUT2D eigenvalue weighted by atomic mass is 10.1. The fourth-order valence-corrected chi connectivity index (χ4v) is 3.92. The number of rotatable bonds is 6. The Kier molecular flexibility index (Phi) is 10.7. The van der Waals surface area contributed by atoms with Gasteiger partial charge in [0, 0.05) is 37.1 Å². The first-order chi connectivity index (χ1) is 12.8. The van der Waals surface area contributed by atoms with E-state index in [9.17, 15) is 4.79 Å². The number of carbonyl (C=O) groups excluding carboxylic acids is 1. The highest BCUT2D eigenvalue weighted by molar-refractivity contribution is 14.0. The number of hydrogen-bond acceptors (Lipinski definition) is 5. The van der Waals surface area contributed by atoms with E-state index in [2.05, 4.69) is 50.3 Å². The SMILES string of the molecule is CN=C(NCC(=O)NC(C)(C)C)NCC(c1cccs1)N1CCOC(C)C1.I. The van der Waals surface area contributed by atoms with Gasteiger partial charge in [-0.25, -0.2) is 0 Å². The van der Waals surface area contributed by atoms with E-state index in [0.29, 0.717) is 12.5 Å². The van der Waals surface area contributed by atoms with Gasteiger partial charge in [-0.2, -0.15) is 0 Å². The van der Waals surface area contributed by atoms with Crippen LogP contribution in [0.2, 0.25) is 0 Å². The van der Waals surface area contributed by atoms with Crippen LogP contribution in [-0.4, -0.2) is 68.2 Å². The molecule has 1 fully saturated rings. The third-order valence-corrected chi connectivity index (χ3v) is 5.18. The molecule has 2 heterocycles. The minimum atomic E-state index is -0.243. The molecule has 1 aliphatic rings. The molecule has 0 radical (unpaired) electrons. The lowest BCUT2D eigenvalue weighted by molar-refractivity contribution is -0.121. The predicted octanol–water partition coefficient (Wildman–Crippen LogP) is 2.21. The van der Waals surface area contributed by atoms with E-state index in [1.54, 1.807) is 18.4 Å². The van der Waals surface area contributed by atoms with Crippen LogP contribution in [0.4, 0.5) is 0 Å². The van der Waals surface area contributed by atoms with Crippen LogP contribution in [-0.2, 0) is 9.53 Å². The second-order valence-electron chi connectivity index (χ2n) is 7.81. The molecule has 1 saturated heterocycles. The number of aliphatic imine (C=N–C) groups is 1. The molecular weight excluding hydrogens is 489 g/mol. The first-order valence-electron chi connectivity index (χ1n) is 9.43. The molecule has 1 amide bonds. The number of carbonyl (C=O) groups is 1. The Bertz CT molecular complexity index is 618. The van der Waals surface area contributed by atoms with Crippen molar-refractivity contribution in [2.75, 3.05) is 39.8 Å². The second kappa shape index (κ2) is 11.9. The molecule has 0 saturated carbocycles. The summed E-state index contributed by atoms with van der Waals surface area (Å²) in [6.07, 6.45) is 0.236. The van der Waals surface area contributed by atoms with E-state index in [1.807, 2.05) is 20.8 Å². The number of hydrogen-bond donors (Lipinski definition) is 3. The van der Waals surface area contributed by atoms with Gasteiger partial charge in [0.1, 0.15) is 0 Å². The Labute approximate surface area is 189 Å². The number of halogens is 1. The molecule has 9 heteroatoms. The molecule has 2 unspecified atom stereocenters. The van der Waals surface area contributed by atoms with Crippen LogP contribution < -0.4 is 16.0 Å². The molecule has 0 aliphatic carbocycles. The Morgan fingerprint density at radius 1 is 1.43 bits per heavy atom. The molecule has 2 rings (SSSR count). The average Bonchev–Trinajstić information content (AvgIpc) is 3.10. The summed E-state index contributed by atoms with van der Waals surface area (Å²) < 4.78 is 5.69. The Morgan fingerprint density at radius 3 is 2.75 bits per heavy atom. The van der Waals surface area contributed by atoms with Gasteiger partial charge in [-0.05, 0) is 39.1 Å². The first-order valence-corrected chi connectivity index (χ1v) is 10.3. The maximum atomic E-state index is 12.0. The summed E-state index contributed by atoms with van der Waals surface area (Å²) in [4.78, 5) is 20.0. The molecule has 3 N–H and O–H groups in total. The van der Waals surface area contributed by atoms with Gasteiger partial charge in [-0.3, -0.25) is 14.7 Å². The predicted molar refractivity (Wildman–Crippen MR) is 127 cm³/mol. The third kappa shape index (κ3) is 8.62. The monoisotopic (exact) mass is 523 g/mol. The fourth-order valence-electron chi connectivity index (χ4n) is 3.06. The van der Waals surface area contributed by atoms with Gasteiger partial charge in [0.05, 0.1) is 25.3 Å². The zero-order chi connectivity index (χ0) is 19.9. The summed E-state index contributed by atoms with van der Waals surface area (Å²) in [6, 6.07) is 4.50. The van der Waals surface area contributed by atoms with Crippen molar-refractivity contribution < 1.29 is 9.53 Å². The summed E-state index contributed by atoms with van der Waals surface area (Å²) >= 11 is 1.76. The summed E-state index contributed by atoms with van der Waals surface area (Å²) in [5.74, 6) is 0.573. The lowest BCUT2D eigenvalue weighted by Crippen LogP contribution is -2.50. The minimum absolute atomic E-state index is 0. The highest BCUT2D eigenvalue weighted by atomic mass is 127. The van der Waals surface area contributed by atoms with Crippen molar-refractivity contribution >= 4 is 47.2 Å². The van der Waals surface area contributed by atoms with E-state index in [-0.39, 0.29) is 54.1 Å². The number of morpholine rings is 1. The zero-order valence-corrected chi connectivity index (χ0v) is 20.6. The summed E-state index contributed by atoms with van der Waals surface area (Å²) in [6.45, 7) is 11.5. The highest BCUT2D eigenvalue weighted by Crippen LogP contribution is 2.26. The molecule has 0 bridgehead atoms. The number of guanidine groups is 1. The maximum Gasteiger partial charge on any atom is 0.239 e. The summed E-state index contributed by atoms with van der Waals surface area (Å²) in [5.41, 5.74) is -0.243. The van der Waals surface area contributed by atoms with Crippen LogP contribution in [0.5, 0.6) is 0 Å². The van der Waals surface area contributed by atoms with Crippen LogP contribution in [0.25, 0.3) is 0 Å². The van der Waals surface area contributed by atoms with Gasteiger partial charge < -0.3 is 20.7 Å². The Morgan fingerprint density at radius 2 is 2.18 bits per heavy atom. The summed E-state index contributed by atoms with van der Waals surface area (Å²) in [7, 11) is 1.72. The van der Waals surface area contributed by atoms with Crippen molar-refractivity contribution in [3.8, 4) is 0 Å². The third-order valence-electron chi connectivity index (χ3n) is 4.20. The van der Waals surface area contributed by atoms with Crippen molar-refractivity contribution in [2.45, 2.75) is 45.4 Å². The van der Waals surface area contributed by atoms with Gasteiger partial charge in [0.2, 0.25) is 5.91 Å². The van der Waals surface area contributed by atoms with Crippen molar-refractivity contribution in [3.63, 3.8) is 0 Å². The largest absolute Gasteiger partial charge is 0.376 e. The number of nitrogens with one attached hydrogen (secondary N) is 3. The first kappa shape index (κ1) is 25.1. The number of thiophene rings is 1. The molecule has 28 heavy (non-hydrogen) atoms. The van der Waals surface area contributed by atoms with E-state index in [4.69, 9.17) is 4.74 Å². The van der Waals surface area contributed by atoms with E-state index >= 15 is 0 Å². The van der Waals surface area contributed by atoms with Crippen molar-refractivity contribution in [2.24, 2.45) is 4.99 Å². The number of amides is 1.